The molecule has 2 aromatic rings. The van der Waals surface area contributed by atoms with E-state index in [0.29, 0.717) is 16.9 Å². The molecule has 2 heterocycles. The van der Waals surface area contributed by atoms with Crippen molar-refractivity contribution in [1.29, 1.82) is 5.26 Å². The Morgan fingerprint density at radius 2 is 2.18 bits per heavy atom. The summed E-state index contributed by atoms with van der Waals surface area (Å²) in [6.07, 6.45) is 1.62. The summed E-state index contributed by atoms with van der Waals surface area (Å²) < 4.78 is 1.30. The number of aryl methyl sites for hydroxylation is 2. The lowest BCUT2D eigenvalue weighted by molar-refractivity contribution is 0.811. The third-order valence-corrected chi connectivity index (χ3v) is 2.88. The number of aromatic amines is 1. The Morgan fingerprint density at radius 1 is 1.47 bits per heavy atom. The number of nitriles is 1. The molecule has 1 N–H and O–H groups in total. The molecule has 0 radical (unpaired) electrons. The molecule has 0 aliphatic heterocycles. The summed E-state index contributed by atoms with van der Waals surface area (Å²) in [5.41, 5.74) is 2.95. The van der Waals surface area contributed by atoms with Crippen LogP contribution in [0.15, 0.2) is 4.79 Å². The normalized spacial score (nSPS) is 10.7. The van der Waals surface area contributed by atoms with E-state index < -0.39 is 0 Å². The van der Waals surface area contributed by atoms with Gasteiger partial charge in [-0.15, -0.1) is 0 Å². The van der Waals surface area contributed by atoms with E-state index in [9.17, 15) is 4.79 Å². The largest absolute Gasteiger partial charge is 0.342 e. The van der Waals surface area contributed by atoms with Gasteiger partial charge in [0.05, 0.1) is 5.69 Å². The van der Waals surface area contributed by atoms with Crippen LogP contribution in [-0.4, -0.2) is 14.6 Å². The molecule has 0 atom stereocenters. The van der Waals surface area contributed by atoms with E-state index in [2.05, 4.69) is 16.2 Å². The van der Waals surface area contributed by atoms with Crippen LogP contribution in [0.2, 0.25) is 0 Å². The van der Waals surface area contributed by atoms with Gasteiger partial charge in [-0.25, -0.2) is 0 Å². The van der Waals surface area contributed by atoms with Crippen LogP contribution in [0.5, 0.6) is 0 Å². The van der Waals surface area contributed by atoms with E-state index in [4.69, 9.17) is 5.26 Å². The van der Waals surface area contributed by atoms with Crippen LogP contribution >= 0.6 is 0 Å². The number of rotatable bonds is 2. The molecule has 0 aromatic carbocycles. The standard InChI is InChI=1S/C12H14N4O/c1-4-5-9-7(2)14-11-10(6-13)8(3)15-16(11)12(9)17/h14H,4-5H2,1-3H3. The SMILES string of the molecule is CCCc1c(C)[nH]c2c(C#N)c(C)nn2c1=O. The number of aromatic nitrogens is 3. The van der Waals surface area contributed by atoms with Gasteiger partial charge in [-0.05, 0) is 20.3 Å². The zero-order valence-electron chi connectivity index (χ0n) is 10.2. The topological polar surface area (TPSA) is 73.9 Å². The fraction of sp³-hybridized carbons (Fsp3) is 0.417. The Kier molecular flexibility index (Phi) is 2.72. The van der Waals surface area contributed by atoms with Crippen LogP contribution in [0, 0.1) is 25.2 Å². The Hall–Kier alpha value is -2.09. The van der Waals surface area contributed by atoms with Crippen molar-refractivity contribution in [2.45, 2.75) is 33.6 Å². The van der Waals surface area contributed by atoms with Crippen molar-refractivity contribution < 1.29 is 0 Å². The minimum absolute atomic E-state index is 0.122. The molecule has 5 nitrogen and oxygen atoms in total. The highest BCUT2D eigenvalue weighted by Crippen LogP contribution is 2.12. The molecule has 0 aliphatic rings. The van der Waals surface area contributed by atoms with Crippen molar-refractivity contribution in [1.82, 2.24) is 14.6 Å². The maximum absolute atomic E-state index is 12.2. The second-order valence-electron chi connectivity index (χ2n) is 4.12. The number of H-pyrrole nitrogens is 1. The number of nitrogens with zero attached hydrogens (tertiary/aromatic N) is 3. The van der Waals surface area contributed by atoms with Gasteiger partial charge in [0, 0.05) is 11.3 Å². The number of nitrogens with one attached hydrogen (secondary N) is 1. The molecule has 0 fully saturated rings. The smallest absolute Gasteiger partial charge is 0.277 e. The van der Waals surface area contributed by atoms with Crippen molar-refractivity contribution in [3.63, 3.8) is 0 Å². The van der Waals surface area contributed by atoms with E-state index in [1.807, 2.05) is 13.8 Å². The molecule has 2 aromatic heterocycles. The Bertz CT molecular complexity index is 672. The van der Waals surface area contributed by atoms with Crippen molar-refractivity contribution >= 4 is 5.65 Å². The molecule has 88 valence electrons. The van der Waals surface area contributed by atoms with Crippen molar-refractivity contribution in [2.75, 3.05) is 0 Å². The first-order chi connectivity index (χ1) is 8.10. The van der Waals surface area contributed by atoms with Gasteiger partial charge in [-0.2, -0.15) is 14.9 Å². The first kappa shape index (κ1) is 11.4. The highest BCUT2D eigenvalue weighted by molar-refractivity contribution is 5.57. The maximum atomic E-state index is 12.2. The van der Waals surface area contributed by atoms with Gasteiger partial charge >= 0.3 is 0 Å². The molecule has 17 heavy (non-hydrogen) atoms. The minimum atomic E-state index is -0.122. The summed E-state index contributed by atoms with van der Waals surface area (Å²) in [4.78, 5) is 15.3. The van der Waals surface area contributed by atoms with Crippen LogP contribution in [-0.2, 0) is 6.42 Å². The molecule has 5 heteroatoms. The molecule has 0 saturated heterocycles. The molecule has 0 amide bonds. The summed E-state index contributed by atoms with van der Waals surface area (Å²) in [6, 6.07) is 2.07. The fourth-order valence-electron chi connectivity index (χ4n) is 2.01. The third-order valence-electron chi connectivity index (χ3n) is 2.88. The first-order valence-electron chi connectivity index (χ1n) is 5.61. The molecule has 0 aliphatic carbocycles. The summed E-state index contributed by atoms with van der Waals surface area (Å²) in [7, 11) is 0. The lowest BCUT2D eigenvalue weighted by Gasteiger charge is -2.04. The van der Waals surface area contributed by atoms with Gasteiger partial charge in [-0.1, -0.05) is 13.3 Å². The predicted octanol–water partition coefficient (Wildman–Crippen LogP) is 1.46. The van der Waals surface area contributed by atoms with Gasteiger partial charge in [-0.3, -0.25) is 4.79 Å². The summed E-state index contributed by atoms with van der Waals surface area (Å²) in [5, 5.41) is 13.2. The zero-order chi connectivity index (χ0) is 12.6. The van der Waals surface area contributed by atoms with Crippen LogP contribution in [0.4, 0.5) is 0 Å². The summed E-state index contributed by atoms with van der Waals surface area (Å²) in [6.45, 7) is 5.61. The predicted molar refractivity (Wildman–Crippen MR) is 64.0 cm³/mol. The lowest BCUT2D eigenvalue weighted by Crippen LogP contribution is -2.21. The Labute approximate surface area is 98.7 Å². The average Bonchev–Trinajstić information content (AvgIpc) is 2.60. The highest BCUT2D eigenvalue weighted by atomic mass is 16.1. The van der Waals surface area contributed by atoms with E-state index in [1.165, 1.54) is 4.52 Å². The maximum Gasteiger partial charge on any atom is 0.277 e. The average molecular weight is 230 g/mol. The molecule has 0 saturated carbocycles. The quantitative estimate of drug-likeness (QED) is 0.848. The molecule has 0 unspecified atom stereocenters. The third kappa shape index (κ3) is 1.62. The highest BCUT2D eigenvalue weighted by Gasteiger charge is 2.15. The van der Waals surface area contributed by atoms with Gasteiger partial charge in [0.15, 0.2) is 5.65 Å². The van der Waals surface area contributed by atoms with Crippen molar-refractivity contribution in [2.24, 2.45) is 0 Å². The van der Waals surface area contributed by atoms with Gasteiger partial charge in [0.25, 0.3) is 5.56 Å². The Morgan fingerprint density at radius 3 is 2.76 bits per heavy atom. The van der Waals surface area contributed by atoms with E-state index in [-0.39, 0.29) is 5.56 Å². The van der Waals surface area contributed by atoms with Crippen LogP contribution in [0.25, 0.3) is 5.65 Å². The van der Waals surface area contributed by atoms with E-state index in [1.54, 1.807) is 6.92 Å². The molecule has 0 bridgehead atoms. The van der Waals surface area contributed by atoms with Gasteiger partial charge in [0.2, 0.25) is 0 Å². The molecular formula is C12H14N4O. The van der Waals surface area contributed by atoms with Gasteiger partial charge < -0.3 is 4.98 Å². The molecular weight excluding hydrogens is 216 g/mol. The van der Waals surface area contributed by atoms with Gasteiger partial charge in [0.1, 0.15) is 11.6 Å². The lowest BCUT2D eigenvalue weighted by atomic mass is 10.1. The van der Waals surface area contributed by atoms with Crippen LogP contribution in [0.3, 0.4) is 0 Å². The van der Waals surface area contributed by atoms with E-state index in [0.717, 1.165) is 24.1 Å². The number of fused-ring (bicyclic) bond motifs is 1. The molecule has 0 spiro atoms. The monoisotopic (exact) mass is 230 g/mol. The first-order valence-corrected chi connectivity index (χ1v) is 5.61. The number of hydrogen-bond donors (Lipinski definition) is 1. The van der Waals surface area contributed by atoms with Crippen molar-refractivity contribution in [3.05, 3.63) is 32.9 Å². The van der Waals surface area contributed by atoms with Crippen LogP contribution in [0.1, 0.15) is 35.9 Å². The second-order valence-corrected chi connectivity index (χ2v) is 4.12. The fourth-order valence-corrected chi connectivity index (χ4v) is 2.01. The molecule has 2 rings (SSSR count). The van der Waals surface area contributed by atoms with Crippen molar-refractivity contribution in [3.8, 4) is 6.07 Å². The summed E-state index contributed by atoms with van der Waals surface area (Å²) in [5.74, 6) is 0. The Balaban J connectivity index is 2.87. The van der Waals surface area contributed by atoms with E-state index >= 15 is 0 Å². The summed E-state index contributed by atoms with van der Waals surface area (Å²) >= 11 is 0. The zero-order valence-corrected chi connectivity index (χ0v) is 10.2. The number of hydrogen-bond acceptors (Lipinski definition) is 3. The van der Waals surface area contributed by atoms with Crippen LogP contribution < -0.4 is 5.56 Å². The second kappa shape index (κ2) is 4.06. The minimum Gasteiger partial charge on any atom is -0.342 e.